The van der Waals surface area contributed by atoms with Crippen LogP contribution >= 0.6 is 15.9 Å². The van der Waals surface area contributed by atoms with Crippen LogP contribution in [0.5, 0.6) is 0 Å². The lowest BCUT2D eigenvalue weighted by molar-refractivity contribution is -0.145. The van der Waals surface area contributed by atoms with E-state index in [2.05, 4.69) is 21.2 Å². The van der Waals surface area contributed by atoms with E-state index in [0.29, 0.717) is 0 Å². The first-order valence-corrected chi connectivity index (χ1v) is 10.2. The molecule has 0 aromatic heterocycles. The molecule has 1 amide bonds. The molecule has 1 aromatic rings. The number of carbonyl (C=O) groups is 2. The quantitative estimate of drug-likeness (QED) is 0.579. The summed E-state index contributed by atoms with van der Waals surface area (Å²) in [7, 11) is 0. The summed E-state index contributed by atoms with van der Waals surface area (Å²) in [6, 6.07) is 7.62. The van der Waals surface area contributed by atoms with Crippen LogP contribution in [-0.4, -0.2) is 24.0 Å². The highest BCUT2D eigenvalue weighted by Gasteiger charge is 2.51. The second-order valence-corrected chi connectivity index (χ2v) is 9.16. The fraction of sp³-hybridized carbons (Fsp3) is 0.524. The van der Waals surface area contributed by atoms with E-state index >= 15 is 0 Å². The Labute approximate surface area is 162 Å². The van der Waals surface area contributed by atoms with Gasteiger partial charge in [-0.05, 0) is 80.1 Å². The molecule has 1 N–H and O–H groups in total. The molecule has 0 radical (unpaired) electrons. The summed E-state index contributed by atoms with van der Waals surface area (Å²) in [5, 5.41) is 3.21. The minimum Gasteiger partial charge on any atom is -0.452 e. The number of amides is 1. The Bertz CT molecular complexity index is 707. The number of carbonyl (C=O) groups excluding carboxylic acids is 2. The van der Waals surface area contributed by atoms with Crippen molar-refractivity contribution in [3.63, 3.8) is 0 Å². The standard InChI is InChI=1S/C21H24BrNO3/c22-18-3-1-2-14(9-18)4-5-20(25)26-13-19(24)23-21-10-15-6-16(11-21)8-17(7-15)12-21/h1-5,9,15-17H,6-8,10-13H2,(H,23,24)/b5-4+. The van der Waals surface area contributed by atoms with Gasteiger partial charge in [0, 0.05) is 16.1 Å². The highest BCUT2D eigenvalue weighted by atomic mass is 79.9. The van der Waals surface area contributed by atoms with Crippen molar-refractivity contribution in [2.75, 3.05) is 6.61 Å². The molecule has 5 heteroatoms. The summed E-state index contributed by atoms with van der Waals surface area (Å²) in [4.78, 5) is 24.2. The molecule has 4 nitrogen and oxygen atoms in total. The molecular formula is C21H24BrNO3. The summed E-state index contributed by atoms with van der Waals surface area (Å²) < 4.78 is 6.07. The van der Waals surface area contributed by atoms with Crippen molar-refractivity contribution in [3.8, 4) is 0 Å². The third-order valence-corrected chi connectivity index (χ3v) is 6.54. The van der Waals surface area contributed by atoms with Crippen LogP contribution in [0.3, 0.4) is 0 Å². The number of rotatable bonds is 5. The molecule has 5 rings (SSSR count). The number of ether oxygens (including phenoxy) is 1. The highest BCUT2D eigenvalue weighted by Crippen LogP contribution is 2.55. The highest BCUT2D eigenvalue weighted by molar-refractivity contribution is 9.10. The topological polar surface area (TPSA) is 55.4 Å². The van der Waals surface area contributed by atoms with Gasteiger partial charge in [0.25, 0.3) is 5.91 Å². The Kier molecular flexibility index (Phi) is 4.91. The van der Waals surface area contributed by atoms with E-state index in [4.69, 9.17) is 4.74 Å². The second-order valence-electron chi connectivity index (χ2n) is 8.24. The van der Waals surface area contributed by atoms with Gasteiger partial charge in [-0.1, -0.05) is 28.1 Å². The fourth-order valence-electron chi connectivity index (χ4n) is 5.55. The minimum absolute atomic E-state index is 0.0373. The van der Waals surface area contributed by atoms with E-state index in [0.717, 1.165) is 47.1 Å². The fourth-order valence-corrected chi connectivity index (χ4v) is 5.97. The Balaban J connectivity index is 1.27. The van der Waals surface area contributed by atoms with Crippen LogP contribution < -0.4 is 5.32 Å². The summed E-state index contributed by atoms with van der Waals surface area (Å²) in [5.74, 6) is 1.66. The van der Waals surface area contributed by atoms with E-state index in [1.165, 1.54) is 25.3 Å². The van der Waals surface area contributed by atoms with Gasteiger partial charge in [0.2, 0.25) is 0 Å². The van der Waals surface area contributed by atoms with Crippen molar-refractivity contribution < 1.29 is 14.3 Å². The van der Waals surface area contributed by atoms with Crippen LogP contribution in [0, 0.1) is 17.8 Å². The SMILES string of the molecule is O=C(COC(=O)/C=C/c1cccc(Br)c1)NC12CC3CC(CC(C3)C1)C2. The first-order chi connectivity index (χ1) is 12.5. The Morgan fingerprint density at radius 3 is 2.42 bits per heavy atom. The number of halogens is 1. The first-order valence-electron chi connectivity index (χ1n) is 9.41. The predicted octanol–water partition coefficient (Wildman–Crippen LogP) is 4.09. The molecule has 26 heavy (non-hydrogen) atoms. The van der Waals surface area contributed by atoms with Gasteiger partial charge in [-0.15, -0.1) is 0 Å². The van der Waals surface area contributed by atoms with Crippen molar-refractivity contribution in [2.45, 2.75) is 44.1 Å². The smallest absolute Gasteiger partial charge is 0.331 e. The van der Waals surface area contributed by atoms with Crippen molar-refractivity contribution in [1.29, 1.82) is 0 Å². The lowest BCUT2D eigenvalue weighted by Gasteiger charge is -2.56. The first kappa shape index (κ1) is 17.8. The molecule has 0 atom stereocenters. The maximum atomic E-state index is 12.3. The molecule has 138 valence electrons. The maximum Gasteiger partial charge on any atom is 0.331 e. The average Bonchev–Trinajstić information content (AvgIpc) is 2.56. The van der Waals surface area contributed by atoms with Gasteiger partial charge < -0.3 is 10.1 Å². The van der Waals surface area contributed by atoms with Crippen LogP contribution in [0.4, 0.5) is 0 Å². The van der Waals surface area contributed by atoms with Gasteiger partial charge in [-0.3, -0.25) is 4.79 Å². The summed E-state index contributed by atoms with van der Waals surface area (Å²) in [6.45, 7) is -0.205. The maximum absolute atomic E-state index is 12.3. The van der Waals surface area contributed by atoms with Crippen LogP contribution in [0.25, 0.3) is 6.08 Å². The molecule has 4 fully saturated rings. The third-order valence-electron chi connectivity index (χ3n) is 6.05. The number of benzene rings is 1. The van der Waals surface area contributed by atoms with Gasteiger partial charge in [-0.2, -0.15) is 0 Å². The van der Waals surface area contributed by atoms with Crippen LogP contribution in [0.1, 0.15) is 44.1 Å². The van der Waals surface area contributed by atoms with Gasteiger partial charge in [0.15, 0.2) is 6.61 Å². The van der Waals surface area contributed by atoms with Crippen LogP contribution in [-0.2, 0) is 14.3 Å². The van der Waals surface area contributed by atoms with Crippen molar-refractivity contribution in [1.82, 2.24) is 5.32 Å². The van der Waals surface area contributed by atoms with Crippen molar-refractivity contribution in [2.24, 2.45) is 17.8 Å². The van der Waals surface area contributed by atoms with Crippen LogP contribution in [0.15, 0.2) is 34.8 Å². The zero-order valence-corrected chi connectivity index (χ0v) is 16.3. The third kappa shape index (κ3) is 4.03. The summed E-state index contributed by atoms with van der Waals surface area (Å²) in [5.41, 5.74) is 0.860. The predicted molar refractivity (Wildman–Crippen MR) is 103 cm³/mol. The molecule has 0 saturated heterocycles. The molecule has 0 unspecified atom stereocenters. The van der Waals surface area contributed by atoms with Crippen molar-refractivity contribution in [3.05, 3.63) is 40.4 Å². The lowest BCUT2D eigenvalue weighted by atomic mass is 9.53. The Morgan fingerprint density at radius 2 is 1.81 bits per heavy atom. The van der Waals surface area contributed by atoms with Crippen LogP contribution in [0.2, 0.25) is 0 Å². The van der Waals surface area contributed by atoms with E-state index in [-0.39, 0.29) is 18.1 Å². The number of hydrogen-bond acceptors (Lipinski definition) is 3. The zero-order chi connectivity index (χ0) is 18.1. The average molecular weight is 418 g/mol. The second kappa shape index (κ2) is 7.18. The molecular weight excluding hydrogens is 394 g/mol. The zero-order valence-electron chi connectivity index (χ0n) is 14.7. The summed E-state index contributed by atoms with van der Waals surface area (Å²) in [6.07, 6.45) is 10.4. The Morgan fingerprint density at radius 1 is 1.15 bits per heavy atom. The molecule has 4 saturated carbocycles. The molecule has 0 aliphatic heterocycles. The number of esters is 1. The summed E-state index contributed by atoms with van der Waals surface area (Å²) >= 11 is 3.39. The van der Waals surface area contributed by atoms with Gasteiger partial charge in [0.05, 0.1) is 0 Å². The number of hydrogen-bond donors (Lipinski definition) is 1. The van der Waals surface area contributed by atoms with E-state index in [1.807, 2.05) is 24.3 Å². The Hall–Kier alpha value is -1.62. The number of nitrogens with one attached hydrogen (secondary N) is 1. The largest absolute Gasteiger partial charge is 0.452 e. The molecule has 0 spiro atoms. The molecule has 0 heterocycles. The van der Waals surface area contributed by atoms with Crippen molar-refractivity contribution >= 4 is 33.9 Å². The minimum atomic E-state index is -0.495. The van der Waals surface area contributed by atoms with E-state index < -0.39 is 5.97 Å². The lowest BCUT2D eigenvalue weighted by Crippen LogP contribution is -2.60. The molecule has 4 bridgehead atoms. The monoisotopic (exact) mass is 417 g/mol. The normalized spacial score (nSPS) is 32.0. The van der Waals surface area contributed by atoms with E-state index in [1.54, 1.807) is 6.08 Å². The van der Waals surface area contributed by atoms with Gasteiger partial charge >= 0.3 is 5.97 Å². The molecule has 1 aromatic carbocycles. The van der Waals surface area contributed by atoms with E-state index in [9.17, 15) is 9.59 Å². The molecule has 4 aliphatic carbocycles. The molecule has 4 aliphatic rings. The van der Waals surface area contributed by atoms with Gasteiger partial charge in [-0.25, -0.2) is 4.79 Å². The van der Waals surface area contributed by atoms with Gasteiger partial charge in [0.1, 0.15) is 0 Å².